The Morgan fingerprint density at radius 2 is 1.88 bits per heavy atom. The SMILES string of the molecule is NNc1ccc(C(O)C(O)CC(N)=O)cc1. The molecule has 88 valence electrons. The Labute approximate surface area is 92.8 Å². The first-order valence-electron chi connectivity index (χ1n) is 4.75. The van der Waals surface area contributed by atoms with Crippen molar-refractivity contribution >= 4 is 11.6 Å². The van der Waals surface area contributed by atoms with Crippen molar-refractivity contribution in [2.24, 2.45) is 11.6 Å². The van der Waals surface area contributed by atoms with E-state index in [0.29, 0.717) is 11.3 Å². The quantitative estimate of drug-likeness (QED) is 0.333. The largest absolute Gasteiger partial charge is 0.390 e. The van der Waals surface area contributed by atoms with E-state index >= 15 is 0 Å². The third-order valence-electron chi connectivity index (χ3n) is 2.19. The van der Waals surface area contributed by atoms with E-state index in [-0.39, 0.29) is 6.42 Å². The topological polar surface area (TPSA) is 122 Å². The van der Waals surface area contributed by atoms with Crippen molar-refractivity contribution in [1.82, 2.24) is 0 Å². The van der Waals surface area contributed by atoms with Gasteiger partial charge in [0, 0.05) is 5.69 Å². The molecule has 0 aromatic heterocycles. The van der Waals surface area contributed by atoms with Gasteiger partial charge in [0.25, 0.3) is 0 Å². The number of hydrogen-bond acceptors (Lipinski definition) is 5. The summed E-state index contributed by atoms with van der Waals surface area (Å²) in [7, 11) is 0. The average molecular weight is 225 g/mol. The molecule has 0 bridgehead atoms. The molecule has 7 N–H and O–H groups in total. The standard InChI is InChI=1S/C10H15N3O3/c11-9(15)5-8(14)10(16)6-1-3-7(13-12)4-2-6/h1-4,8,10,13-14,16H,5,12H2,(H2,11,15). The van der Waals surface area contributed by atoms with Crippen molar-refractivity contribution in [3.63, 3.8) is 0 Å². The number of aliphatic hydroxyl groups excluding tert-OH is 2. The Morgan fingerprint density at radius 3 is 2.31 bits per heavy atom. The molecule has 1 amide bonds. The molecular formula is C10H15N3O3. The van der Waals surface area contributed by atoms with Gasteiger partial charge >= 0.3 is 0 Å². The van der Waals surface area contributed by atoms with Crippen LogP contribution in [0.4, 0.5) is 5.69 Å². The summed E-state index contributed by atoms with van der Waals surface area (Å²) < 4.78 is 0. The normalized spacial score (nSPS) is 14.2. The first kappa shape index (κ1) is 12.4. The van der Waals surface area contributed by atoms with Crippen molar-refractivity contribution in [3.05, 3.63) is 29.8 Å². The molecule has 0 saturated heterocycles. The van der Waals surface area contributed by atoms with Gasteiger partial charge in [0.2, 0.25) is 5.91 Å². The van der Waals surface area contributed by atoms with E-state index in [4.69, 9.17) is 11.6 Å². The van der Waals surface area contributed by atoms with Crippen molar-refractivity contribution < 1.29 is 15.0 Å². The molecule has 1 aromatic rings. The Balaban J connectivity index is 2.71. The minimum atomic E-state index is -1.20. The second-order valence-corrected chi connectivity index (χ2v) is 3.45. The number of hydrogen-bond donors (Lipinski definition) is 5. The van der Waals surface area contributed by atoms with Gasteiger partial charge in [0.15, 0.2) is 0 Å². The van der Waals surface area contributed by atoms with Crippen molar-refractivity contribution in [1.29, 1.82) is 0 Å². The number of carbonyl (C=O) groups excluding carboxylic acids is 1. The molecule has 1 rings (SSSR count). The van der Waals surface area contributed by atoms with E-state index in [0.717, 1.165) is 0 Å². The second-order valence-electron chi connectivity index (χ2n) is 3.45. The number of hydrazine groups is 1. The van der Waals surface area contributed by atoms with E-state index in [1.165, 1.54) is 0 Å². The van der Waals surface area contributed by atoms with Gasteiger partial charge in [-0.15, -0.1) is 0 Å². The lowest BCUT2D eigenvalue weighted by Crippen LogP contribution is -2.25. The van der Waals surface area contributed by atoms with Gasteiger partial charge in [0.1, 0.15) is 6.10 Å². The number of rotatable bonds is 5. The summed E-state index contributed by atoms with van der Waals surface area (Å²) in [6, 6.07) is 6.50. The number of anilines is 1. The molecular weight excluding hydrogens is 210 g/mol. The maximum Gasteiger partial charge on any atom is 0.220 e. The van der Waals surface area contributed by atoms with Gasteiger partial charge in [-0.25, -0.2) is 0 Å². The number of nitrogens with one attached hydrogen (secondary N) is 1. The van der Waals surface area contributed by atoms with Crippen LogP contribution in [0.5, 0.6) is 0 Å². The van der Waals surface area contributed by atoms with Crippen LogP contribution < -0.4 is 17.0 Å². The smallest absolute Gasteiger partial charge is 0.220 e. The predicted octanol–water partition coefficient (Wildman–Crippen LogP) is -0.758. The zero-order valence-corrected chi connectivity index (χ0v) is 8.63. The molecule has 1 aromatic carbocycles. The van der Waals surface area contributed by atoms with Crippen LogP contribution in [0.3, 0.4) is 0 Å². The Morgan fingerprint density at radius 1 is 1.31 bits per heavy atom. The average Bonchev–Trinajstić information content (AvgIpc) is 2.27. The summed E-state index contributed by atoms with van der Waals surface area (Å²) in [6.45, 7) is 0. The van der Waals surface area contributed by atoms with Crippen LogP contribution in [-0.2, 0) is 4.79 Å². The molecule has 0 radical (unpaired) electrons. The van der Waals surface area contributed by atoms with Gasteiger partial charge in [-0.3, -0.25) is 10.6 Å². The number of amides is 1. The van der Waals surface area contributed by atoms with Crippen molar-refractivity contribution in [2.45, 2.75) is 18.6 Å². The molecule has 0 spiro atoms. The first-order valence-corrected chi connectivity index (χ1v) is 4.75. The van der Waals surface area contributed by atoms with E-state index in [9.17, 15) is 15.0 Å². The highest BCUT2D eigenvalue weighted by Gasteiger charge is 2.19. The van der Waals surface area contributed by atoms with Crippen LogP contribution in [0, 0.1) is 0 Å². The fraction of sp³-hybridized carbons (Fsp3) is 0.300. The molecule has 2 atom stereocenters. The van der Waals surface area contributed by atoms with Crippen LogP contribution in [-0.4, -0.2) is 22.2 Å². The number of benzene rings is 1. The third kappa shape index (κ3) is 3.20. The zero-order chi connectivity index (χ0) is 12.1. The van der Waals surface area contributed by atoms with Crippen LogP contribution >= 0.6 is 0 Å². The lowest BCUT2D eigenvalue weighted by Gasteiger charge is -2.17. The predicted molar refractivity (Wildman–Crippen MR) is 59.0 cm³/mol. The summed E-state index contributed by atoms with van der Waals surface area (Å²) in [5, 5.41) is 19.2. The van der Waals surface area contributed by atoms with Gasteiger partial charge < -0.3 is 21.4 Å². The number of primary amides is 1. The zero-order valence-electron chi connectivity index (χ0n) is 8.63. The van der Waals surface area contributed by atoms with Crippen molar-refractivity contribution in [2.75, 3.05) is 5.43 Å². The van der Waals surface area contributed by atoms with E-state index in [2.05, 4.69) is 5.43 Å². The van der Waals surface area contributed by atoms with E-state index in [1.807, 2.05) is 0 Å². The van der Waals surface area contributed by atoms with Gasteiger partial charge in [-0.1, -0.05) is 12.1 Å². The molecule has 2 unspecified atom stereocenters. The number of carbonyl (C=O) groups is 1. The van der Waals surface area contributed by atoms with E-state index in [1.54, 1.807) is 24.3 Å². The van der Waals surface area contributed by atoms with Gasteiger partial charge in [-0.2, -0.15) is 0 Å². The van der Waals surface area contributed by atoms with E-state index < -0.39 is 18.1 Å². The molecule has 0 saturated carbocycles. The Kier molecular flexibility index (Phi) is 4.24. The monoisotopic (exact) mass is 225 g/mol. The number of nitrogens with two attached hydrogens (primary N) is 2. The fourth-order valence-electron chi connectivity index (χ4n) is 1.32. The maximum absolute atomic E-state index is 10.6. The highest BCUT2D eigenvalue weighted by atomic mass is 16.3. The molecule has 6 nitrogen and oxygen atoms in total. The summed E-state index contributed by atoms with van der Waals surface area (Å²) in [4.78, 5) is 10.6. The highest BCUT2D eigenvalue weighted by Crippen LogP contribution is 2.20. The minimum Gasteiger partial charge on any atom is -0.390 e. The lowest BCUT2D eigenvalue weighted by molar-refractivity contribution is -0.121. The molecule has 0 aliphatic rings. The summed E-state index contributed by atoms with van der Waals surface area (Å²) in [5.74, 6) is 4.52. The third-order valence-corrected chi connectivity index (χ3v) is 2.19. The summed E-state index contributed by atoms with van der Waals surface area (Å²) in [6.07, 6.45) is -2.62. The number of nitrogen functional groups attached to an aromatic ring is 1. The molecule has 6 heteroatoms. The van der Waals surface area contributed by atoms with Gasteiger partial charge in [-0.05, 0) is 17.7 Å². The highest BCUT2D eigenvalue weighted by molar-refractivity contribution is 5.74. The first-order chi connectivity index (χ1) is 7.54. The van der Waals surface area contributed by atoms with Crippen LogP contribution in [0.1, 0.15) is 18.1 Å². The molecule has 0 fully saturated rings. The maximum atomic E-state index is 10.6. The minimum absolute atomic E-state index is 0.280. The molecule has 0 aliphatic carbocycles. The number of aliphatic hydroxyl groups is 2. The van der Waals surface area contributed by atoms with Crippen LogP contribution in [0.2, 0.25) is 0 Å². The summed E-state index contributed by atoms with van der Waals surface area (Å²) >= 11 is 0. The van der Waals surface area contributed by atoms with Crippen LogP contribution in [0.15, 0.2) is 24.3 Å². The second kappa shape index (κ2) is 5.45. The Hall–Kier alpha value is -1.63. The molecule has 16 heavy (non-hydrogen) atoms. The fourth-order valence-corrected chi connectivity index (χ4v) is 1.32. The summed E-state index contributed by atoms with van der Waals surface area (Å²) in [5.41, 5.74) is 8.53. The van der Waals surface area contributed by atoms with Crippen molar-refractivity contribution in [3.8, 4) is 0 Å². The molecule has 0 heterocycles. The molecule has 0 aliphatic heterocycles. The lowest BCUT2D eigenvalue weighted by atomic mass is 10.0. The Bertz CT molecular complexity index is 353. The van der Waals surface area contributed by atoms with Gasteiger partial charge in [0.05, 0.1) is 12.5 Å². The van der Waals surface area contributed by atoms with Crippen LogP contribution in [0.25, 0.3) is 0 Å².